The number of furan rings is 1. The highest BCUT2D eigenvalue weighted by Crippen LogP contribution is 2.35. The van der Waals surface area contributed by atoms with Gasteiger partial charge in [-0.2, -0.15) is 0 Å². The van der Waals surface area contributed by atoms with E-state index in [0.717, 1.165) is 11.1 Å². The summed E-state index contributed by atoms with van der Waals surface area (Å²) in [6, 6.07) is 12.0. The molecule has 0 atom stereocenters. The molecule has 9 heteroatoms. The summed E-state index contributed by atoms with van der Waals surface area (Å²) in [4.78, 5) is 12.1. The van der Waals surface area contributed by atoms with E-state index >= 15 is 0 Å². The van der Waals surface area contributed by atoms with E-state index in [1.54, 1.807) is 12.1 Å². The highest BCUT2D eigenvalue weighted by atomic mass is 35.5. The molecule has 0 aliphatic heterocycles. The molecule has 3 aromatic rings. The van der Waals surface area contributed by atoms with Crippen molar-refractivity contribution in [3.8, 4) is 17.1 Å². The molecule has 3 rings (SSSR count). The number of amides is 1. The number of aromatic hydroxyl groups is 1. The monoisotopic (exact) mass is 480 g/mol. The number of thiocarbonyl (C=S) groups is 1. The predicted octanol–water partition coefficient (Wildman–Crippen LogP) is 6.45. The molecule has 0 aliphatic carbocycles. The first-order valence-electron chi connectivity index (χ1n) is 8.57. The predicted molar refractivity (Wildman–Crippen MR) is 125 cm³/mol. The Kier molecular flexibility index (Phi) is 7.05. The van der Waals surface area contributed by atoms with Gasteiger partial charge in [0.2, 0.25) is 5.91 Å². The average molecular weight is 482 g/mol. The quantitative estimate of drug-likeness (QED) is 0.227. The number of nitrogens with one attached hydrogen (secondary N) is 2. The van der Waals surface area contributed by atoms with E-state index in [4.69, 9.17) is 51.4 Å². The van der Waals surface area contributed by atoms with Gasteiger partial charge in [-0.05, 0) is 61.1 Å². The van der Waals surface area contributed by atoms with Gasteiger partial charge in [0.15, 0.2) is 10.9 Å². The lowest BCUT2D eigenvalue weighted by atomic mass is 10.1. The first kappa shape index (κ1) is 22.2. The molecule has 1 heterocycles. The van der Waals surface area contributed by atoms with Gasteiger partial charge in [0, 0.05) is 21.7 Å². The molecule has 0 spiro atoms. The minimum atomic E-state index is -0.489. The SMILES string of the molecule is Cc1ccc(-c2ccc(/C=C/C(=O)NC(=S)Nc3cc(Cl)cc(Cl)c3O)o2)cc1Cl. The van der Waals surface area contributed by atoms with Gasteiger partial charge in [-0.1, -0.05) is 46.9 Å². The van der Waals surface area contributed by atoms with Crippen molar-refractivity contribution in [2.24, 2.45) is 0 Å². The molecule has 2 aromatic carbocycles. The zero-order valence-corrected chi connectivity index (χ0v) is 18.6. The number of aryl methyl sites for hydroxylation is 1. The van der Waals surface area contributed by atoms with Gasteiger partial charge >= 0.3 is 0 Å². The van der Waals surface area contributed by atoms with Gasteiger partial charge in [-0.3, -0.25) is 10.1 Å². The Morgan fingerprint density at radius 1 is 1.10 bits per heavy atom. The van der Waals surface area contributed by atoms with E-state index < -0.39 is 5.91 Å². The molecular formula is C21H15Cl3N2O3S. The fourth-order valence-electron chi connectivity index (χ4n) is 2.47. The lowest BCUT2D eigenvalue weighted by Gasteiger charge is -2.11. The van der Waals surface area contributed by atoms with Crippen molar-refractivity contribution in [2.45, 2.75) is 6.92 Å². The van der Waals surface area contributed by atoms with Crippen molar-refractivity contribution >= 4 is 69.8 Å². The molecule has 1 aromatic heterocycles. The molecule has 5 nitrogen and oxygen atoms in total. The number of halogens is 3. The van der Waals surface area contributed by atoms with E-state index in [2.05, 4.69) is 10.6 Å². The van der Waals surface area contributed by atoms with Crippen LogP contribution in [0.25, 0.3) is 17.4 Å². The summed E-state index contributed by atoms with van der Waals surface area (Å²) in [6.07, 6.45) is 2.77. The van der Waals surface area contributed by atoms with Crippen LogP contribution in [0.3, 0.4) is 0 Å². The molecule has 0 saturated heterocycles. The van der Waals surface area contributed by atoms with Crippen molar-refractivity contribution in [3.05, 3.63) is 74.9 Å². The summed E-state index contributed by atoms with van der Waals surface area (Å²) in [5, 5.41) is 16.0. The lowest BCUT2D eigenvalue weighted by molar-refractivity contribution is -0.115. The highest BCUT2D eigenvalue weighted by molar-refractivity contribution is 7.80. The van der Waals surface area contributed by atoms with E-state index in [0.29, 0.717) is 21.6 Å². The second kappa shape index (κ2) is 9.53. The summed E-state index contributed by atoms with van der Waals surface area (Å²) >= 11 is 23.0. The van der Waals surface area contributed by atoms with Crippen molar-refractivity contribution in [1.82, 2.24) is 5.32 Å². The maximum Gasteiger partial charge on any atom is 0.250 e. The highest BCUT2D eigenvalue weighted by Gasteiger charge is 2.11. The van der Waals surface area contributed by atoms with E-state index in [1.807, 2.05) is 25.1 Å². The molecule has 0 unspecified atom stereocenters. The number of benzene rings is 2. The average Bonchev–Trinajstić information content (AvgIpc) is 3.15. The fourth-order valence-corrected chi connectivity index (χ4v) is 3.35. The van der Waals surface area contributed by atoms with Crippen molar-refractivity contribution in [3.63, 3.8) is 0 Å². The number of carbonyl (C=O) groups is 1. The number of phenolic OH excluding ortho intramolecular Hbond substituents is 1. The minimum absolute atomic E-state index is 0.0345. The van der Waals surface area contributed by atoms with Crippen LogP contribution in [0.15, 0.2) is 53.0 Å². The standard InChI is InChI=1S/C21H15Cl3N2O3S/c1-11-2-3-12(8-15(11)23)18-6-4-14(29-18)5-7-19(27)26-21(30)25-17-10-13(22)9-16(24)20(17)28/h2-10,28H,1H3,(H2,25,26,27,30)/b7-5+. The summed E-state index contributed by atoms with van der Waals surface area (Å²) in [6.45, 7) is 1.92. The first-order chi connectivity index (χ1) is 14.2. The Morgan fingerprint density at radius 3 is 2.60 bits per heavy atom. The second-order valence-electron chi connectivity index (χ2n) is 6.23. The van der Waals surface area contributed by atoms with Gasteiger partial charge in [-0.25, -0.2) is 0 Å². The third-order valence-electron chi connectivity index (χ3n) is 4.00. The molecule has 154 valence electrons. The summed E-state index contributed by atoms with van der Waals surface area (Å²) in [5.41, 5.74) is 1.98. The number of hydrogen-bond acceptors (Lipinski definition) is 4. The first-order valence-corrected chi connectivity index (χ1v) is 10.1. The Hall–Kier alpha value is -2.51. The third kappa shape index (κ3) is 5.55. The van der Waals surface area contributed by atoms with E-state index in [9.17, 15) is 9.90 Å². The Balaban J connectivity index is 1.62. The second-order valence-corrected chi connectivity index (χ2v) is 7.89. The molecule has 0 aliphatic rings. The summed E-state index contributed by atoms with van der Waals surface area (Å²) in [7, 11) is 0. The van der Waals surface area contributed by atoms with Crippen LogP contribution in [0.4, 0.5) is 5.69 Å². The van der Waals surface area contributed by atoms with Crippen molar-refractivity contribution in [1.29, 1.82) is 0 Å². The maximum atomic E-state index is 12.1. The number of hydrogen-bond donors (Lipinski definition) is 3. The van der Waals surface area contributed by atoms with Crippen LogP contribution in [0.1, 0.15) is 11.3 Å². The van der Waals surface area contributed by atoms with Gasteiger partial charge in [0.25, 0.3) is 0 Å². The van der Waals surface area contributed by atoms with Gasteiger partial charge < -0.3 is 14.8 Å². The number of phenols is 1. The number of rotatable bonds is 4. The largest absolute Gasteiger partial charge is 0.504 e. The van der Waals surface area contributed by atoms with Gasteiger partial charge in [0.1, 0.15) is 11.5 Å². The topological polar surface area (TPSA) is 74.5 Å². The summed E-state index contributed by atoms with van der Waals surface area (Å²) < 4.78 is 5.72. The normalized spacial score (nSPS) is 10.9. The molecule has 0 saturated carbocycles. The smallest absolute Gasteiger partial charge is 0.250 e. The molecular weight excluding hydrogens is 467 g/mol. The van der Waals surface area contributed by atoms with Gasteiger partial charge in [-0.15, -0.1) is 0 Å². The number of carbonyl (C=O) groups excluding carboxylic acids is 1. The third-order valence-corrected chi connectivity index (χ3v) is 5.11. The molecule has 0 radical (unpaired) electrons. The Labute approximate surface area is 193 Å². The summed E-state index contributed by atoms with van der Waals surface area (Å²) in [5.74, 6) is 0.390. The minimum Gasteiger partial charge on any atom is -0.504 e. The maximum absolute atomic E-state index is 12.1. The molecule has 1 amide bonds. The van der Waals surface area contributed by atoms with Crippen LogP contribution in [0, 0.1) is 6.92 Å². The Bertz CT molecular complexity index is 1160. The van der Waals surface area contributed by atoms with Crippen molar-refractivity contribution < 1.29 is 14.3 Å². The van der Waals surface area contributed by atoms with E-state index in [-0.39, 0.29) is 21.6 Å². The lowest BCUT2D eigenvalue weighted by Crippen LogP contribution is -2.32. The zero-order chi connectivity index (χ0) is 21.8. The molecule has 30 heavy (non-hydrogen) atoms. The van der Waals surface area contributed by atoms with Gasteiger partial charge in [0.05, 0.1) is 10.7 Å². The van der Waals surface area contributed by atoms with Crippen LogP contribution >= 0.6 is 47.0 Å². The number of anilines is 1. The molecule has 0 bridgehead atoms. The zero-order valence-electron chi connectivity index (χ0n) is 15.5. The van der Waals surface area contributed by atoms with Crippen LogP contribution in [-0.2, 0) is 4.79 Å². The van der Waals surface area contributed by atoms with Crippen LogP contribution in [0.2, 0.25) is 15.1 Å². The van der Waals surface area contributed by atoms with E-state index in [1.165, 1.54) is 24.3 Å². The van der Waals surface area contributed by atoms with Crippen LogP contribution in [-0.4, -0.2) is 16.1 Å². The van der Waals surface area contributed by atoms with Crippen molar-refractivity contribution in [2.75, 3.05) is 5.32 Å². The molecule has 3 N–H and O–H groups in total. The van der Waals surface area contributed by atoms with Crippen LogP contribution in [0.5, 0.6) is 5.75 Å². The molecule has 0 fully saturated rings. The fraction of sp³-hybridized carbons (Fsp3) is 0.0476. The Morgan fingerprint density at radius 2 is 1.87 bits per heavy atom. The van der Waals surface area contributed by atoms with Crippen LogP contribution < -0.4 is 10.6 Å².